The van der Waals surface area contributed by atoms with Crippen LogP contribution >= 0.6 is 11.6 Å². The van der Waals surface area contributed by atoms with Crippen molar-refractivity contribution in [1.82, 2.24) is 4.90 Å². The van der Waals surface area contributed by atoms with Crippen molar-refractivity contribution in [3.05, 3.63) is 53.1 Å². The molecule has 2 aromatic carbocycles. The third kappa shape index (κ3) is 2.72. The van der Waals surface area contributed by atoms with Gasteiger partial charge in [-0.3, -0.25) is 10.2 Å². The summed E-state index contributed by atoms with van der Waals surface area (Å²) in [6, 6.07) is 12.8. The van der Waals surface area contributed by atoms with Gasteiger partial charge in [0, 0.05) is 35.4 Å². The van der Waals surface area contributed by atoms with Gasteiger partial charge in [-0.1, -0.05) is 18.5 Å². The fraction of sp³-hybridized carbons (Fsp3) is 0.350. The lowest BCUT2D eigenvalue weighted by atomic mass is 9.81. The molecule has 0 saturated carbocycles. The number of likely N-dealkylation sites (tertiary alicyclic amines) is 1. The summed E-state index contributed by atoms with van der Waals surface area (Å²) in [7, 11) is 4.29. The average molecular weight is 372 g/mol. The number of amides is 1. The van der Waals surface area contributed by atoms with E-state index in [-0.39, 0.29) is 5.41 Å². The second-order valence-electron chi connectivity index (χ2n) is 7.33. The van der Waals surface area contributed by atoms with Crippen molar-refractivity contribution >= 4 is 29.1 Å². The Morgan fingerprint density at radius 1 is 1.23 bits per heavy atom. The molecule has 2 unspecified atom stereocenters. The summed E-state index contributed by atoms with van der Waals surface area (Å²) >= 11 is 5.86. The van der Waals surface area contributed by atoms with Crippen molar-refractivity contribution in [2.75, 3.05) is 30.9 Å². The van der Waals surface area contributed by atoms with Gasteiger partial charge in [0.1, 0.15) is 5.75 Å². The third-order valence-corrected chi connectivity index (χ3v) is 5.85. The van der Waals surface area contributed by atoms with Gasteiger partial charge in [-0.2, -0.15) is 0 Å². The van der Waals surface area contributed by atoms with Crippen LogP contribution in [0.1, 0.15) is 18.9 Å². The number of likely N-dealkylation sites (N-methyl/N-ethyl adjacent to an activating group) is 2. The Hall–Kier alpha value is -2.24. The Morgan fingerprint density at radius 3 is 2.69 bits per heavy atom. The van der Waals surface area contributed by atoms with E-state index in [1.807, 2.05) is 18.2 Å². The number of halogens is 1. The summed E-state index contributed by atoms with van der Waals surface area (Å²) in [5.41, 5.74) is 3.13. The molecular weight excluding hydrogens is 350 g/mol. The van der Waals surface area contributed by atoms with Gasteiger partial charge in [0.15, 0.2) is 0 Å². The lowest BCUT2D eigenvalue weighted by Gasteiger charge is -2.32. The lowest BCUT2D eigenvalue weighted by molar-refractivity contribution is 0.215. The number of fused-ring (bicyclic) bond motifs is 3. The number of ether oxygens (including phenoxy) is 1. The molecule has 2 aliphatic rings. The Balaban J connectivity index is 1.54. The molecule has 5 nitrogen and oxygen atoms in total. The molecule has 4 rings (SSSR count). The lowest BCUT2D eigenvalue weighted by Crippen LogP contribution is -2.45. The first-order chi connectivity index (χ1) is 12.4. The van der Waals surface area contributed by atoms with Crippen molar-refractivity contribution in [2.45, 2.75) is 24.9 Å². The molecule has 2 aliphatic heterocycles. The monoisotopic (exact) mass is 371 g/mol. The van der Waals surface area contributed by atoms with Crippen LogP contribution in [0.25, 0.3) is 0 Å². The van der Waals surface area contributed by atoms with Gasteiger partial charge in [0.2, 0.25) is 0 Å². The number of hydrogen-bond donors (Lipinski definition) is 1. The van der Waals surface area contributed by atoms with Crippen LogP contribution in [0.4, 0.5) is 16.2 Å². The summed E-state index contributed by atoms with van der Waals surface area (Å²) in [6.45, 7) is 3.36. The number of carbonyl (C=O) groups excluding carboxylic acids is 1. The molecule has 1 fully saturated rings. The van der Waals surface area contributed by atoms with E-state index in [1.165, 1.54) is 11.3 Å². The number of carbonyl (C=O) groups is 1. The molecule has 0 radical (unpaired) electrons. The minimum atomic E-state index is -0.510. The molecule has 1 saturated heterocycles. The molecule has 0 aromatic heterocycles. The van der Waals surface area contributed by atoms with Crippen LogP contribution in [0.3, 0.4) is 0 Å². The third-order valence-electron chi connectivity index (χ3n) is 5.60. The van der Waals surface area contributed by atoms with Crippen LogP contribution in [-0.2, 0) is 5.41 Å². The second-order valence-corrected chi connectivity index (χ2v) is 7.77. The molecule has 6 heteroatoms. The van der Waals surface area contributed by atoms with Crippen molar-refractivity contribution in [3.8, 4) is 5.75 Å². The van der Waals surface area contributed by atoms with Crippen LogP contribution < -0.4 is 15.0 Å². The van der Waals surface area contributed by atoms with Gasteiger partial charge >= 0.3 is 6.09 Å². The van der Waals surface area contributed by atoms with E-state index >= 15 is 0 Å². The zero-order valence-corrected chi connectivity index (χ0v) is 15.9. The topological polar surface area (TPSA) is 44.8 Å². The molecule has 1 N–H and O–H groups in total. The molecule has 1 amide bonds. The van der Waals surface area contributed by atoms with E-state index in [0.717, 1.165) is 13.0 Å². The quantitative estimate of drug-likeness (QED) is 0.853. The average Bonchev–Trinajstić information content (AvgIpc) is 3.03. The Bertz CT molecular complexity index is 855. The maximum atomic E-state index is 12.2. The van der Waals surface area contributed by atoms with Crippen molar-refractivity contribution in [2.24, 2.45) is 0 Å². The number of nitrogens with zero attached hydrogens (tertiary/aromatic N) is 2. The fourth-order valence-electron chi connectivity index (χ4n) is 4.40. The van der Waals surface area contributed by atoms with Gasteiger partial charge in [-0.15, -0.1) is 0 Å². The Labute approximate surface area is 158 Å². The molecule has 26 heavy (non-hydrogen) atoms. The van der Waals surface area contributed by atoms with Gasteiger partial charge in [0.05, 0.1) is 6.17 Å². The van der Waals surface area contributed by atoms with E-state index in [0.29, 0.717) is 22.6 Å². The summed E-state index contributed by atoms with van der Waals surface area (Å²) in [6.07, 6.45) is 0.922. The minimum absolute atomic E-state index is 0.0465. The molecule has 0 spiro atoms. The molecule has 2 heterocycles. The summed E-state index contributed by atoms with van der Waals surface area (Å²) in [4.78, 5) is 16.9. The molecular formula is C20H22ClN3O2. The SMILES string of the molecule is CN1CCC2(C)c3cc(OC(=O)Nc4ccc(Cl)cc4)ccc3N(C)C12. The second kappa shape index (κ2) is 6.18. The van der Waals surface area contributed by atoms with Gasteiger partial charge in [0.25, 0.3) is 0 Å². The van der Waals surface area contributed by atoms with Crippen molar-refractivity contribution in [3.63, 3.8) is 0 Å². The zero-order chi connectivity index (χ0) is 18.5. The van der Waals surface area contributed by atoms with Crippen LogP contribution in [0.15, 0.2) is 42.5 Å². The minimum Gasteiger partial charge on any atom is -0.410 e. The molecule has 0 aliphatic carbocycles. The van der Waals surface area contributed by atoms with E-state index in [9.17, 15) is 4.79 Å². The Kier molecular flexibility index (Phi) is 4.09. The van der Waals surface area contributed by atoms with E-state index in [1.54, 1.807) is 24.3 Å². The maximum absolute atomic E-state index is 12.2. The first-order valence-corrected chi connectivity index (χ1v) is 9.08. The predicted molar refractivity (Wildman–Crippen MR) is 104 cm³/mol. The highest BCUT2D eigenvalue weighted by Crippen LogP contribution is 2.51. The highest BCUT2D eigenvalue weighted by molar-refractivity contribution is 6.30. The summed E-state index contributed by atoms with van der Waals surface area (Å²) in [5, 5.41) is 3.34. The molecule has 2 atom stereocenters. The number of nitrogens with one attached hydrogen (secondary N) is 1. The number of rotatable bonds is 2. The number of benzene rings is 2. The standard InChI is InChI=1S/C20H22ClN3O2/c1-20-10-11-23(2)18(20)24(3)17-9-8-15(12-16(17)20)26-19(25)22-14-6-4-13(21)5-7-14/h4-9,12,18H,10-11H2,1-3H3,(H,22,25). The van der Waals surface area contributed by atoms with Crippen LogP contribution in [0.5, 0.6) is 5.75 Å². The largest absolute Gasteiger partial charge is 0.417 e. The van der Waals surface area contributed by atoms with Crippen molar-refractivity contribution < 1.29 is 9.53 Å². The zero-order valence-electron chi connectivity index (χ0n) is 15.1. The van der Waals surface area contributed by atoms with Crippen molar-refractivity contribution in [1.29, 1.82) is 0 Å². The summed E-state index contributed by atoms with van der Waals surface area (Å²) < 4.78 is 5.51. The number of hydrogen-bond acceptors (Lipinski definition) is 4. The van der Waals surface area contributed by atoms with Crippen LogP contribution in [-0.4, -0.2) is 37.8 Å². The van der Waals surface area contributed by atoms with Gasteiger partial charge in [-0.25, -0.2) is 4.79 Å². The first-order valence-electron chi connectivity index (χ1n) is 8.70. The number of anilines is 2. The first kappa shape index (κ1) is 17.2. The van der Waals surface area contributed by atoms with E-state index < -0.39 is 6.09 Å². The fourth-order valence-corrected chi connectivity index (χ4v) is 4.53. The van der Waals surface area contributed by atoms with E-state index in [4.69, 9.17) is 16.3 Å². The van der Waals surface area contributed by atoms with Gasteiger partial charge in [-0.05, 0) is 61.5 Å². The van der Waals surface area contributed by atoms with E-state index in [2.05, 4.69) is 36.1 Å². The predicted octanol–water partition coefficient (Wildman–Crippen LogP) is 4.32. The molecule has 136 valence electrons. The normalized spacial score (nSPS) is 24.3. The maximum Gasteiger partial charge on any atom is 0.417 e. The molecule has 0 bridgehead atoms. The van der Waals surface area contributed by atoms with Gasteiger partial charge < -0.3 is 9.64 Å². The Morgan fingerprint density at radius 2 is 1.96 bits per heavy atom. The molecule has 2 aromatic rings. The highest BCUT2D eigenvalue weighted by Gasteiger charge is 2.52. The smallest absolute Gasteiger partial charge is 0.410 e. The van der Waals surface area contributed by atoms with Crippen LogP contribution in [0.2, 0.25) is 5.02 Å². The van der Waals surface area contributed by atoms with Crippen LogP contribution in [0, 0.1) is 0 Å². The highest BCUT2D eigenvalue weighted by atomic mass is 35.5. The summed E-state index contributed by atoms with van der Waals surface area (Å²) in [5.74, 6) is 0.556.